The molecule has 35 heavy (non-hydrogen) atoms. The minimum absolute atomic E-state index is 0.0528. The maximum absolute atomic E-state index is 12.7. The van der Waals surface area contributed by atoms with Gasteiger partial charge in [-0.25, -0.2) is 18.0 Å². The van der Waals surface area contributed by atoms with E-state index in [9.17, 15) is 18.0 Å². The number of fused-ring (bicyclic) bond motifs is 1. The molecule has 0 aliphatic heterocycles. The van der Waals surface area contributed by atoms with E-state index in [2.05, 4.69) is 4.72 Å². The summed E-state index contributed by atoms with van der Waals surface area (Å²) >= 11 is 0. The molecule has 0 radical (unpaired) electrons. The summed E-state index contributed by atoms with van der Waals surface area (Å²) in [5.41, 5.74) is 3.09. The summed E-state index contributed by atoms with van der Waals surface area (Å²) in [6.07, 6.45) is 0.445. The molecule has 4 rings (SSSR count). The largest absolute Gasteiger partial charge is 0.425 e. The van der Waals surface area contributed by atoms with Gasteiger partial charge in [-0.15, -0.1) is 0 Å². The summed E-state index contributed by atoms with van der Waals surface area (Å²) in [5.74, 6) is -0.651. The highest BCUT2D eigenvalue weighted by Crippen LogP contribution is 2.25. The van der Waals surface area contributed by atoms with Crippen molar-refractivity contribution in [2.24, 2.45) is 0 Å². The molecule has 1 N–H and O–H groups in total. The fraction of sp³-hybridized carbons (Fsp3) is 0.185. The highest BCUT2D eigenvalue weighted by atomic mass is 32.2. The average molecular weight is 492 g/mol. The van der Waals surface area contributed by atoms with E-state index in [1.54, 1.807) is 24.3 Å². The first-order valence-corrected chi connectivity index (χ1v) is 12.5. The van der Waals surface area contributed by atoms with Crippen LogP contribution in [-0.4, -0.2) is 20.4 Å². The van der Waals surface area contributed by atoms with Crippen LogP contribution in [0, 0.1) is 13.8 Å². The van der Waals surface area contributed by atoms with Crippen molar-refractivity contribution >= 4 is 27.0 Å². The Morgan fingerprint density at radius 1 is 1.00 bits per heavy atom. The molecule has 8 heteroatoms. The molecule has 0 fully saturated rings. The zero-order chi connectivity index (χ0) is 25.2. The van der Waals surface area contributed by atoms with E-state index < -0.39 is 27.7 Å². The Kier molecular flexibility index (Phi) is 6.86. The Labute approximate surface area is 203 Å². The fourth-order valence-corrected chi connectivity index (χ4v) is 4.91. The Morgan fingerprint density at radius 2 is 1.69 bits per heavy atom. The Bertz CT molecular complexity index is 1540. The van der Waals surface area contributed by atoms with Gasteiger partial charge in [0, 0.05) is 23.4 Å². The van der Waals surface area contributed by atoms with Gasteiger partial charge in [0.15, 0.2) is 0 Å². The van der Waals surface area contributed by atoms with Crippen LogP contribution in [0.15, 0.2) is 86.9 Å². The van der Waals surface area contributed by atoms with Gasteiger partial charge in [-0.05, 0) is 56.2 Å². The Hall–Kier alpha value is -3.75. The van der Waals surface area contributed by atoms with Gasteiger partial charge < -0.3 is 9.15 Å². The number of hydrogen-bond acceptors (Lipinski definition) is 6. The van der Waals surface area contributed by atoms with E-state index >= 15 is 0 Å². The van der Waals surface area contributed by atoms with Crippen molar-refractivity contribution in [1.82, 2.24) is 4.72 Å². The predicted molar refractivity (Wildman–Crippen MR) is 133 cm³/mol. The number of esters is 1. The maximum Gasteiger partial charge on any atom is 0.340 e. The molecule has 1 unspecified atom stereocenters. The lowest BCUT2D eigenvalue weighted by atomic mass is 10.00. The summed E-state index contributed by atoms with van der Waals surface area (Å²) in [7, 11) is -3.90. The molecule has 0 saturated heterocycles. The lowest BCUT2D eigenvalue weighted by molar-refractivity contribution is -0.135. The number of aryl methyl sites for hydroxylation is 2. The minimum atomic E-state index is -3.90. The normalized spacial score (nSPS) is 12.4. The van der Waals surface area contributed by atoms with Crippen LogP contribution in [0.5, 0.6) is 5.75 Å². The van der Waals surface area contributed by atoms with E-state index in [1.807, 2.05) is 44.2 Å². The zero-order valence-corrected chi connectivity index (χ0v) is 20.4. The lowest BCUT2D eigenvalue weighted by Gasteiger charge is -2.14. The standard InChI is InChI=1S/C27H25NO6S/c1-17-9-12-22(13-10-17)35(31,32)28-19(3)26(29)33-21-11-14-23-18(2)24(27(30)34-25(23)16-21)15-20-7-5-4-6-8-20/h4-14,16,19,28H,15H2,1-3H3. The number of sulfonamides is 1. The van der Waals surface area contributed by atoms with Crippen molar-refractivity contribution in [1.29, 1.82) is 0 Å². The molecular weight excluding hydrogens is 466 g/mol. The van der Waals surface area contributed by atoms with Gasteiger partial charge in [-0.3, -0.25) is 0 Å². The van der Waals surface area contributed by atoms with E-state index in [0.717, 1.165) is 22.1 Å². The summed E-state index contributed by atoms with van der Waals surface area (Å²) in [4.78, 5) is 25.3. The zero-order valence-electron chi connectivity index (χ0n) is 19.6. The third-order valence-electron chi connectivity index (χ3n) is 5.72. The monoisotopic (exact) mass is 491 g/mol. The smallest absolute Gasteiger partial charge is 0.340 e. The first-order chi connectivity index (χ1) is 16.6. The van der Waals surface area contributed by atoms with Gasteiger partial charge >= 0.3 is 11.6 Å². The third-order valence-corrected chi connectivity index (χ3v) is 7.27. The van der Waals surface area contributed by atoms with Gasteiger partial charge in [-0.1, -0.05) is 48.0 Å². The number of nitrogens with one attached hydrogen (secondary N) is 1. The quantitative estimate of drug-likeness (QED) is 0.235. The van der Waals surface area contributed by atoms with E-state index in [1.165, 1.54) is 25.1 Å². The number of hydrogen-bond donors (Lipinski definition) is 1. The van der Waals surface area contributed by atoms with Crippen LogP contribution in [0.25, 0.3) is 11.0 Å². The van der Waals surface area contributed by atoms with Crippen LogP contribution in [0.1, 0.15) is 29.2 Å². The molecule has 1 aromatic heterocycles. The SMILES string of the molecule is Cc1ccc(S(=O)(=O)NC(C)C(=O)Oc2ccc3c(C)c(Cc4ccccc4)c(=O)oc3c2)cc1. The van der Waals surface area contributed by atoms with E-state index in [0.29, 0.717) is 12.0 Å². The van der Waals surface area contributed by atoms with Crippen molar-refractivity contribution in [3.63, 3.8) is 0 Å². The highest BCUT2D eigenvalue weighted by Gasteiger charge is 2.24. The second-order valence-electron chi connectivity index (χ2n) is 8.39. The molecule has 180 valence electrons. The fourth-order valence-electron chi connectivity index (χ4n) is 3.71. The highest BCUT2D eigenvalue weighted by molar-refractivity contribution is 7.89. The van der Waals surface area contributed by atoms with Crippen molar-refractivity contribution in [3.05, 3.63) is 105 Å². The molecule has 0 amide bonds. The Morgan fingerprint density at radius 3 is 2.37 bits per heavy atom. The number of carbonyl (C=O) groups excluding carboxylic acids is 1. The van der Waals surface area contributed by atoms with Crippen molar-refractivity contribution in [2.45, 2.75) is 38.1 Å². The number of rotatable bonds is 7. The van der Waals surface area contributed by atoms with Crippen molar-refractivity contribution in [2.75, 3.05) is 0 Å². The van der Waals surface area contributed by atoms with Crippen molar-refractivity contribution < 1.29 is 22.4 Å². The number of benzene rings is 3. The molecule has 4 aromatic rings. The van der Waals surface area contributed by atoms with Crippen LogP contribution in [0.4, 0.5) is 0 Å². The topological polar surface area (TPSA) is 103 Å². The second-order valence-corrected chi connectivity index (χ2v) is 10.1. The van der Waals surface area contributed by atoms with E-state index in [4.69, 9.17) is 9.15 Å². The first kappa shape index (κ1) is 24.4. The second kappa shape index (κ2) is 9.85. The van der Waals surface area contributed by atoms with Gasteiger partial charge in [0.25, 0.3) is 0 Å². The van der Waals surface area contributed by atoms with Gasteiger partial charge in [-0.2, -0.15) is 4.72 Å². The summed E-state index contributed by atoms with van der Waals surface area (Å²) < 4.78 is 38.3. The first-order valence-electron chi connectivity index (χ1n) is 11.0. The van der Waals surface area contributed by atoms with Gasteiger partial charge in [0.05, 0.1) is 4.90 Å². The van der Waals surface area contributed by atoms with Gasteiger partial charge in [0.2, 0.25) is 10.0 Å². The lowest BCUT2D eigenvalue weighted by Crippen LogP contribution is -2.40. The maximum atomic E-state index is 12.7. The number of carbonyl (C=O) groups is 1. The van der Waals surface area contributed by atoms with Crippen molar-refractivity contribution in [3.8, 4) is 5.75 Å². The summed E-state index contributed by atoms with van der Waals surface area (Å²) in [6, 6.07) is 19.5. The predicted octanol–water partition coefficient (Wildman–Crippen LogP) is 4.27. The number of ether oxygens (including phenoxy) is 1. The van der Waals surface area contributed by atoms with Gasteiger partial charge in [0.1, 0.15) is 17.4 Å². The van der Waals surface area contributed by atoms with Crippen LogP contribution in [-0.2, 0) is 21.2 Å². The summed E-state index contributed by atoms with van der Waals surface area (Å²) in [6.45, 7) is 5.10. The van der Waals surface area contributed by atoms with Crippen LogP contribution >= 0.6 is 0 Å². The minimum Gasteiger partial charge on any atom is -0.425 e. The average Bonchev–Trinajstić information content (AvgIpc) is 2.82. The molecule has 7 nitrogen and oxygen atoms in total. The Balaban J connectivity index is 1.52. The molecule has 0 saturated carbocycles. The van der Waals surface area contributed by atoms with Crippen LogP contribution in [0.2, 0.25) is 0 Å². The molecule has 3 aromatic carbocycles. The molecule has 1 heterocycles. The third kappa shape index (κ3) is 5.50. The molecule has 0 aliphatic rings. The molecular formula is C27H25NO6S. The van der Waals surface area contributed by atoms with Crippen LogP contribution < -0.4 is 15.1 Å². The molecule has 0 spiro atoms. The van der Waals surface area contributed by atoms with E-state index in [-0.39, 0.29) is 16.2 Å². The molecule has 0 aliphatic carbocycles. The molecule has 1 atom stereocenters. The molecule has 0 bridgehead atoms. The van der Waals surface area contributed by atoms with Crippen LogP contribution in [0.3, 0.4) is 0 Å². The summed E-state index contributed by atoms with van der Waals surface area (Å²) in [5, 5.41) is 0.725.